The molecule has 1 amide bonds. The number of carbonyl (C=O) groups excluding carboxylic acids is 1. The van der Waals surface area contributed by atoms with E-state index < -0.39 is 6.04 Å². The van der Waals surface area contributed by atoms with E-state index in [2.05, 4.69) is 10.3 Å². The van der Waals surface area contributed by atoms with Crippen LogP contribution in [0, 0.1) is 6.92 Å². The van der Waals surface area contributed by atoms with Crippen LogP contribution in [0.2, 0.25) is 0 Å². The van der Waals surface area contributed by atoms with Gasteiger partial charge in [-0.25, -0.2) is 4.98 Å². The number of aryl methyl sites for hydroxylation is 2. The van der Waals surface area contributed by atoms with E-state index in [-0.39, 0.29) is 12.5 Å². The van der Waals surface area contributed by atoms with Crippen LogP contribution in [0.4, 0.5) is 0 Å². The molecule has 0 saturated heterocycles. The maximum atomic E-state index is 12.6. The molecule has 0 aliphatic carbocycles. The van der Waals surface area contributed by atoms with E-state index in [1.165, 1.54) is 0 Å². The lowest BCUT2D eigenvalue weighted by molar-refractivity contribution is 0.0908. The molecule has 2 heterocycles. The summed E-state index contributed by atoms with van der Waals surface area (Å²) in [5.74, 6) is -0.224. The van der Waals surface area contributed by atoms with E-state index in [0.29, 0.717) is 5.69 Å². The lowest BCUT2D eigenvalue weighted by Gasteiger charge is -2.16. The summed E-state index contributed by atoms with van der Waals surface area (Å²) in [6.45, 7) is 1.80. The molecule has 124 valence electrons. The van der Waals surface area contributed by atoms with E-state index in [4.69, 9.17) is 0 Å². The molecule has 0 fully saturated rings. The van der Waals surface area contributed by atoms with Crippen LogP contribution in [0.5, 0.6) is 0 Å². The Labute approximate surface area is 144 Å². The molecule has 2 N–H and O–H groups in total. The largest absolute Gasteiger partial charge is 0.394 e. The lowest BCUT2D eigenvalue weighted by Crippen LogP contribution is -2.31. The smallest absolute Gasteiger partial charge is 0.268 e. The van der Waals surface area contributed by atoms with Crippen LogP contribution in [-0.4, -0.2) is 27.2 Å². The average molecular weight is 341 g/mol. The Morgan fingerprint density at radius 2 is 2.12 bits per heavy atom. The van der Waals surface area contributed by atoms with Gasteiger partial charge >= 0.3 is 0 Å². The second-order valence-corrected chi connectivity index (χ2v) is 6.66. The van der Waals surface area contributed by atoms with Gasteiger partial charge in [-0.15, -0.1) is 11.3 Å². The van der Waals surface area contributed by atoms with Crippen molar-refractivity contribution in [1.29, 1.82) is 0 Å². The number of nitrogens with zero attached hydrogens (tertiary/aromatic N) is 2. The first-order chi connectivity index (χ1) is 11.6. The number of nitrogens with one attached hydrogen (secondary N) is 1. The fourth-order valence-corrected chi connectivity index (χ4v) is 3.20. The van der Waals surface area contributed by atoms with Gasteiger partial charge in [0.05, 0.1) is 23.4 Å². The van der Waals surface area contributed by atoms with Gasteiger partial charge in [0.1, 0.15) is 5.69 Å². The summed E-state index contributed by atoms with van der Waals surface area (Å²) >= 11 is 1.58. The second kappa shape index (κ2) is 6.98. The fourth-order valence-electron chi connectivity index (χ4n) is 2.58. The minimum Gasteiger partial charge on any atom is -0.394 e. The SMILES string of the molecule is Cc1nc(-c2cc(C(=O)NC(CO)c3ccccc3)n(C)c2)cs1. The number of hydrogen-bond donors (Lipinski definition) is 2. The van der Waals surface area contributed by atoms with Crippen molar-refractivity contribution in [3.8, 4) is 11.3 Å². The molecular formula is C18H19N3O2S. The molecule has 0 bridgehead atoms. The van der Waals surface area contributed by atoms with Crippen LogP contribution >= 0.6 is 11.3 Å². The van der Waals surface area contributed by atoms with Crippen LogP contribution < -0.4 is 5.32 Å². The number of rotatable bonds is 5. The van der Waals surface area contributed by atoms with Gasteiger partial charge in [-0.05, 0) is 18.6 Å². The van der Waals surface area contributed by atoms with Crippen LogP contribution in [0.25, 0.3) is 11.3 Å². The quantitative estimate of drug-likeness (QED) is 0.750. The highest BCUT2D eigenvalue weighted by atomic mass is 32.1. The monoisotopic (exact) mass is 341 g/mol. The van der Waals surface area contributed by atoms with E-state index in [1.807, 2.05) is 61.9 Å². The number of aromatic nitrogens is 2. The highest BCUT2D eigenvalue weighted by molar-refractivity contribution is 7.09. The van der Waals surface area contributed by atoms with Crippen LogP contribution in [0.1, 0.15) is 27.1 Å². The van der Waals surface area contributed by atoms with Gasteiger partial charge < -0.3 is 15.0 Å². The van der Waals surface area contributed by atoms with Gasteiger partial charge in [-0.2, -0.15) is 0 Å². The first kappa shape index (κ1) is 16.4. The van der Waals surface area contributed by atoms with Crippen LogP contribution in [0.15, 0.2) is 48.0 Å². The van der Waals surface area contributed by atoms with E-state index in [9.17, 15) is 9.90 Å². The number of aliphatic hydroxyl groups excluding tert-OH is 1. The molecule has 1 unspecified atom stereocenters. The van der Waals surface area contributed by atoms with Crippen molar-refractivity contribution in [2.75, 3.05) is 6.61 Å². The highest BCUT2D eigenvalue weighted by Crippen LogP contribution is 2.24. The first-order valence-corrected chi connectivity index (χ1v) is 8.52. The fraction of sp³-hybridized carbons (Fsp3) is 0.222. The van der Waals surface area contributed by atoms with Crippen molar-refractivity contribution < 1.29 is 9.90 Å². The summed E-state index contributed by atoms with van der Waals surface area (Å²) in [4.78, 5) is 17.1. The number of benzene rings is 1. The zero-order valence-corrected chi connectivity index (χ0v) is 14.4. The third-order valence-corrected chi connectivity index (χ3v) is 4.62. The Morgan fingerprint density at radius 3 is 2.75 bits per heavy atom. The summed E-state index contributed by atoms with van der Waals surface area (Å²) in [6.07, 6.45) is 1.89. The predicted octanol–water partition coefficient (Wildman–Crippen LogP) is 2.92. The molecule has 6 heteroatoms. The number of hydrogen-bond acceptors (Lipinski definition) is 4. The van der Waals surface area contributed by atoms with Gasteiger partial charge in [0.2, 0.25) is 0 Å². The van der Waals surface area contributed by atoms with Crippen molar-refractivity contribution in [2.45, 2.75) is 13.0 Å². The lowest BCUT2D eigenvalue weighted by atomic mass is 10.1. The zero-order valence-electron chi connectivity index (χ0n) is 13.6. The predicted molar refractivity (Wildman–Crippen MR) is 95.0 cm³/mol. The van der Waals surface area contributed by atoms with Crippen LogP contribution in [-0.2, 0) is 7.05 Å². The molecule has 5 nitrogen and oxygen atoms in total. The first-order valence-electron chi connectivity index (χ1n) is 7.64. The Bertz CT molecular complexity index is 839. The van der Waals surface area contributed by atoms with Gasteiger partial charge in [-0.1, -0.05) is 30.3 Å². The number of aliphatic hydroxyl groups is 1. The average Bonchev–Trinajstić information content (AvgIpc) is 3.19. The van der Waals surface area contributed by atoms with Crippen molar-refractivity contribution in [1.82, 2.24) is 14.9 Å². The van der Waals surface area contributed by atoms with Gasteiger partial charge in [-0.3, -0.25) is 4.79 Å². The molecule has 3 rings (SSSR count). The van der Waals surface area contributed by atoms with E-state index in [1.54, 1.807) is 15.9 Å². The molecule has 0 radical (unpaired) electrons. The third-order valence-electron chi connectivity index (χ3n) is 3.84. The molecule has 24 heavy (non-hydrogen) atoms. The van der Waals surface area contributed by atoms with Gasteiger partial charge in [0.25, 0.3) is 5.91 Å². The molecule has 2 aromatic heterocycles. The van der Waals surface area contributed by atoms with Crippen molar-refractivity contribution in [3.05, 3.63) is 64.2 Å². The molecule has 0 aliphatic rings. The number of amides is 1. The number of thiazole rings is 1. The van der Waals surface area contributed by atoms with E-state index in [0.717, 1.165) is 21.8 Å². The van der Waals surface area contributed by atoms with Crippen LogP contribution in [0.3, 0.4) is 0 Å². The molecule has 3 aromatic rings. The van der Waals surface area contributed by atoms with Gasteiger partial charge in [0, 0.05) is 24.2 Å². The third kappa shape index (κ3) is 3.39. The summed E-state index contributed by atoms with van der Waals surface area (Å²) in [6, 6.07) is 10.8. The number of carbonyl (C=O) groups is 1. The maximum Gasteiger partial charge on any atom is 0.268 e. The van der Waals surface area contributed by atoms with Crippen molar-refractivity contribution >= 4 is 17.2 Å². The minimum atomic E-state index is -0.432. The molecule has 1 aromatic carbocycles. The summed E-state index contributed by atoms with van der Waals surface area (Å²) in [7, 11) is 1.83. The molecular weight excluding hydrogens is 322 g/mol. The van der Waals surface area contributed by atoms with Crippen molar-refractivity contribution in [2.24, 2.45) is 7.05 Å². The summed E-state index contributed by atoms with van der Waals surface area (Å²) in [5.41, 5.74) is 3.18. The molecule has 0 spiro atoms. The molecule has 0 aliphatic heterocycles. The molecule has 0 saturated carbocycles. The Morgan fingerprint density at radius 1 is 1.38 bits per heavy atom. The summed E-state index contributed by atoms with van der Waals surface area (Å²) < 4.78 is 1.78. The normalized spacial score (nSPS) is 12.1. The zero-order chi connectivity index (χ0) is 17.1. The van der Waals surface area contributed by atoms with Crippen molar-refractivity contribution in [3.63, 3.8) is 0 Å². The molecule has 1 atom stereocenters. The summed E-state index contributed by atoms with van der Waals surface area (Å²) in [5, 5.41) is 15.5. The van der Waals surface area contributed by atoms with E-state index >= 15 is 0 Å². The van der Waals surface area contributed by atoms with Gasteiger partial charge in [0.15, 0.2) is 0 Å². The second-order valence-electron chi connectivity index (χ2n) is 5.60. The minimum absolute atomic E-state index is 0.154. The maximum absolute atomic E-state index is 12.6. The Hall–Kier alpha value is -2.44. The topological polar surface area (TPSA) is 67.2 Å². The Balaban J connectivity index is 1.81. The standard InChI is InChI=1S/C18H19N3O2S/c1-12-19-16(11-24-12)14-8-17(21(2)9-14)18(23)20-15(10-22)13-6-4-3-5-7-13/h3-9,11,15,22H,10H2,1-2H3,(H,20,23). The highest BCUT2D eigenvalue weighted by Gasteiger charge is 2.18. The Kier molecular flexibility index (Phi) is 4.78.